The zero-order chi connectivity index (χ0) is 20.5. The molecule has 4 atom stereocenters. The van der Waals surface area contributed by atoms with Crippen molar-refractivity contribution in [2.24, 2.45) is 5.92 Å². The quantitative estimate of drug-likeness (QED) is 0.524. The summed E-state index contributed by atoms with van der Waals surface area (Å²) >= 11 is 0. The average molecular weight is 394 g/mol. The van der Waals surface area contributed by atoms with Gasteiger partial charge in [0.15, 0.2) is 0 Å². The molecule has 0 aromatic heterocycles. The number of ether oxygens (including phenoxy) is 3. The topological polar surface area (TPSA) is 65.0 Å². The molecular formula is C19H29F3O5. The predicted octanol–water partition coefficient (Wildman–Crippen LogP) is 3.89. The summed E-state index contributed by atoms with van der Waals surface area (Å²) < 4.78 is 55.4. The Morgan fingerprint density at radius 3 is 2.41 bits per heavy atom. The minimum absolute atomic E-state index is 0.129. The van der Waals surface area contributed by atoms with Gasteiger partial charge >= 0.3 is 12.1 Å². The lowest BCUT2D eigenvalue weighted by Gasteiger charge is -2.42. The van der Waals surface area contributed by atoms with E-state index in [-0.39, 0.29) is 18.6 Å². The number of alkyl halides is 3. The van der Waals surface area contributed by atoms with Crippen LogP contribution in [0.3, 0.4) is 0 Å². The summed E-state index contributed by atoms with van der Waals surface area (Å²) in [7, 11) is 0. The molecule has 1 aliphatic heterocycles. The fourth-order valence-corrected chi connectivity index (χ4v) is 4.20. The molecule has 0 amide bonds. The molecule has 1 saturated heterocycles. The van der Waals surface area contributed by atoms with Crippen molar-refractivity contribution >= 4 is 5.97 Å². The van der Waals surface area contributed by atoms with Gasteiger partial charge in [0, 0.05) is 17.9 Å². The van der Waals surface area contributed by atoms with E-state index in [1.807, 2.05) is 13.8 Å². The summed E-state index contributed by atoms with van der Waals surface area (Å²) in [4.78, 5) is 11.9. The summed E-state index contributed by atoms with van der Waals surface area (Å²) in [5, 5.41) is 9.73. The van der Waals surface area contributed by atoms with Crippen molar-refractivity contribution in [1.82, 2.24) is 0 Å². The first-order valence-corrected chi connectivity index (χ1v) is 9.45. The first-order valence-electron chi connectivity index (χ1n) is 9.45. The van der Waals surface area contributed by atoms with Gasteiger partial charge in [0.2, 0.25) is 0 Å². The van der Waals surface area contributed by atoms with Crippen LogP contribution in [0.5, 0.6) is 0 Å². The van der Waals surface area contributed by atoms with Gasteiger partial charge in [-0.3, -0.25) is 0 Å². The Labute approximate surface area is 157 Å². The van der Waals surface area contributed by atoms with Crippen molar-refractivity contribution in [3.05, 3.63) is 12.2 Å². The van der Waals surface area contributed by atoms with Gasteiger partial charge < -0.3 is 19.3 Å². The number of hydrogen-bond acceptors (Lipinski definition) is 5. The molecule has 156 valence electrons. The molecule has 0 aromatic carbocycles. The molecule has 1 heterocycles. The first kappa shape index (κ1) is 22.2. The Bertz CT molecular complexity index is 558. The number of hydrogen-bond donors (Lipinski definition) is 1. The van der Waals surface area contributed by atoms with Crippen molar-refractivity contribution in [3.63, 3.8) is 0 Å². The van der Waals surface area contributed by atoms with E-state index in [4.69, 9.17) is 9.47 Å². The molecule has 0 spiro atoms. The predicted molar refractivity (Wildman–Crippen MR) is 91.8 cm³/mol. The molecule has 2 rings (SSSR count). The highest BCUT2D eigenvalue weighted by Gasteiger charge is 2.61. The van der Waals surface area contributed by atoms with E-state index in [1.165, 1.54) is 0 Å². The van der Waals surface area contributed by atoms with Crippen LogP contribution in [-0.2, 0) is 19.0 Å². The smallest absolute Gasteiger partial charge is 0.443 e. The van der Waals surface area contributed by atoms with E-state index in [2.05, 4.69) is 11.3 Å². The van der Waals surface area contributed by atoms with E-state index in [9.17, 15) is 23.1 Å². The molecule has 2 fully saturated rings. The second-order valence-electron chi connectivity index (χ2n) is 7.57. The Hall–Kier alpha value is -1.12. The Balaban J connectivity index is 2.15. The number of halogens is 3. The van der Waals surface area contributed by atoms with Crippen molar-refractivity contribution in [2.75, 3.05) is 6.61 Å². The van der Waals surface area contributed by atoms with Crippen molar-refractivity contribution in [3.8, 4) is 0 Å². The van der Waals surface area contributed by atoms with Crippen LogP contribution in [0.2, 0.25) is 0 Å². The van der Waals surface area contributed by atoms with E-state index in [0.29, 0.717) is 24.8 Å². The molecule has 5 nitrogen and oxygen atoms in total. The van der Waals surface area contributed by atoms with Gasteiger partial charge in [-0.2, -0.15) is 13.2 Å². The third-order valence-electron chi connectivity index (χ3n) is 5.79. The van der Waals surface area contributed by atoms with Crippen LogP contribution in [-0.4, -0.2) is 47.5 Å². The normalized spacial score (nSPS) is 31.9. The van der Waals surface area contributed by atoms with Gasteiger partial charge in [0.1, 0.15) is 6.10 Å². The monoisotopic (exact) mass is 394 g/mol. The Morgan fingerprint density at radius 2 is 1.93 bits per heavy atom. The van der Waals surface area contributed by atoms with Gasteiger partial charge in [-0.05, 0) is 39.0 Å². The third kappa shape index (κ3) is 4.49. The van der Waals surface area contributed by atoms with Gasteiger partial charge in [-0.1, -0.05) is 20.4 Å². The van der Waals surface area contributed by atoms with Crippen LogP contribution in [0.4, 0.5) is 13.2 Å². The van der Waals surface area contributed by atoms with Gasteiger partial charge in [0.25, 0.3) is 5.79 Å². The largest absolute Gasteiger partial charge is 0.459 e. The summed E-state index contributed by atoms with van der Waals surface area (Å²) in [5.74, 6) is -3.77. The number of rotatable bonds is 7. The fourth-order valence-electron chi connectivity index (χ4n) is 4.20. The summed E-state index contributed by atoms with van der Waals surface area (Å²) in [5.41, 5.74) is -0.443. The van der Waals surface area contributed by atoms with Gasteiger partial charge in [0.05, 0.1) is 18.3 Å². The van der Waals surface area contributed by atoms with Gasteiger partial charge in [-0.25, -0.2) is 4.79 Å². The minimum Gasteiger partial charge on any atom is -0.459 e. The molecule has 1 saturated carbocycles. The van der Waals surface area contributed by atoms with Crippen LogP contribution in [0.15, 0.2) is 12.2 Å². The summed E-state index contributed by atoms with van der Waals surface area (Å²) in [6.45, 7) is 8.65. The second kappa shape index (κ2) is 8.09. The molecule has 8 heteroatoms. The summed E-state index contributed by atoms with van der Waals surface area (Å²) in [6.07, 6.45) is -3.40. The standard InChI is InChI=1S/C19H29F3O5/c1-5-17(6-2,14-8-7-9-15(14)26-16(23)12(3)4)27-13-10-18(24,25-11-13)19(20,21)22/h13-15,24H,3,5-11H2,1-2,4H3. The zero-order valence-corrected chi connectivity index (χ0v) is 16.1. The third-order valence-corrected chi connectivity index (χ3v) is 5.79. The van der Waals surface area contributed by atoms with E-state index in [0.717, 1.165) is 12.8 Å². The number of carbonyl (C=O) groups excluding carboxylic acids is 1. The van der Waals surface area contributed by atoms with Crippen LogP contribution in [0.25, 0.3) is 0 Å². The van der Waals surface area contributed by atoms with E-state index < -0.39 is 36.1 Å². The molecule has 1 aliphatic carbocycles. The molecule has 1 N–H and O–H groups in total. The SMILES string of the molecule is C=C(C)C(=O)OC1CCCC1C(CC)(CC)OC1COC(O)(C(F)(F)F)C1. The molecule has 4 unspecified atom stereocenters. The lowest BCUT2D eigenvalue weighted by molar-refractivity contribution is -0.349. The first-order chi connectivity index (χ1) is 12.5. The van der Waals surface area contributed by atoms with Crippen LogP contribution >= 0.6 is 0 Å². The maximum atomic E-state index is 13.0. The number of esters is 1. The lowest BCUT2D eigenvalue weighted by Crippen LogP contribution is -2.48. The lowest BCUT2D eigenvalue weighted by atomic mass is 9.79. The van der Waals surface area contributed by atoms with Crippen molar-refractivity contribution in [1.29, 1.82) is 0 Å². The number of aliphatic hydroxyl groups is 1. The highest BCUT2D eigenvalue weighted by molar-refractivity contribution is 5.87. The van der Waals surface area contributed by atoms with Gasteiger partial charge in [-0.15, -0.1) is 0 Å². The second-order valence-corrected chi connectivity index (χ2v) is 7.57. The molecule has 27 heavy (non-hydrogen) atoms. The highest BCUT2D eigenvalue weighted by Crippen LogP contribution is 2.46. The molecular weight excluding hydrogens is 365 g/mol. The Morgan fingerprint density at radius 1 is 1.30 bits per heavy atom. The molecule has 2 aliphatic rings. The maximum absolute atomic E-state index is 13.0. The average Bonchev–Trinajstić information content (AvgIpc) is 3.20. The Kier molecular flexibility index (Phi) is 6.64. The fraction of sp³-hybridized carbons (Fsp3) is 0.842. The zero-order valence-electron chi connectivity index (χ0n) is 16.1. The summed E-state index contributed by atoms with van der Waals surface area (Å²) in [6, 6.07) is 0. The van der Waals surface area contributed by atoms with E-state index >= 15 is 0 Å². The van der Waals surface area contributed by atoms with Crippen LogP contribution in [0.1, 0.15) is 59.3 Å². The number of carbonyl (C=O) groups is 1. The van der Waals surface area contributed by atoms with E-state index in [1.54, 1.807) is 6.92 Å². The molecule has 0 aromatic rings. The van der Waals surface area contributed by atoms with Crippen LogP contribution in [0, 0.1) is 5.92 Å². The molecule has 0 bridgehead atoms. The maximum Gasteiger partial charge on any atom is 0.443 e. The highest BCUT2D eigenvalue weighted by atomic mass is 19.4. The minimum atomic E-state index is -4.88. The van der Waals surface area contributed by atoms with Crippen molar-refractivity contribution in [2.45, 2.75) is 89.1 Å². The van der Waals surface area contributed by atoms with Crippen LogP contribution < -0.4 is 0 Å². The molecule has 0 radical (unpaired) electrons. The van der Waals surface area contributed by atoms with Crippen molar-refractivity contribution < 1.29 is 37.3 Å².